The first-order valence-electron chi connectivity index (χ1n) is 6.75. The standard InChI is InChI=1S/C14H7B3ClN5O/c1-7-2-8(4-19)20-5-10(7)24-11-3-9(18)12-13(22-11)23(6-21-12)14(15,16)17/h2-3,5-6H,1H3. The summed E-state index contributed by atoms with van der Waals surface area (Å²) in [6.45, 7) is 1.78. The fourth-order valence-corrected chi connectivity index (χ4v) is 2.32. The Morgan fingerprint density at radius 2 is 2.04 bits per heavy atom. The van der Waals surface area contributed by atoms with Gasteiger partial charge in [0.1, 0.15) is 17.3 Å². The lowest BCUT2D eigenvalue weighted by Crippen LogP contribution is -2.34. The molecule has 3 aromatic heterocycles. The van der Waals surface area contributed by atoms with Crippen molar-refractivity contribution in [2.24, 2.45) is 0 Å². The molecule has 0 amide bonds. The summed E-state index contributed by atoms with van der Waals surface area (Å²) < 4.78 is 6.99. The van der Waals surface area contributed by atoms with Crippen LogP contribution in [0.1, 0.15) is 11.3 Å². The van der Waals surface area contributed by atoms with Crippen LogP contribution in [-0.2, 0) is 5.24 Å². The molecule has 0 unspecified atom stereocenters. The van der Waals surface area contributed by atoms with Crippen molar-refractivity contribution in [3.05, 3.63) is 40.9 Å². The molecule has 0 atom stereocenters. The molecule has 0 saturated carbocycles. The lowest BCUT2D eigenvalue weighted by molar-refractivity contribution is 0.458. The molecule has 0 aliphatic carbocycles. The Bertz CT molecular complexity index is 977. The van der Waals surface area contributed by atoms with E-state index in [2.05, 4.69) is 15.0 Å². The first-order chi connectivity index (χ1) is 11.3. The topological polar surface area (TPSA) is 76.6 Å². The highest BCUT2D eigenvalue weighted by atomic mass is 35.5. The molecule has 6 radical (unpaired) electrons. The summed E-state index contributed by atoms with van der Waals surface area (Å²) in [5, 5.41) is 7.47. The van der Waals surface area contributed by atoms with E-state index in [4.69, 9.17) is 45.1 Å². The lowest BCUT2D eigenvalue weighted by atomic mass is 9.49. The molecule has 0 N–H and O–H groups in total. The Labute approximate surface area is 147 Å². The molecule has 0 bridgehead atoms. The molecule has 3 heterocycles. The lowest BCUT2D eigenvalue weighted by Gasteiger charge is -2.22. The van der Waals surface area contributed by atoms with E-state index in [1.165, 1.54) is 23.2 Å². The van der Waals surface area contributed by atoms with Crippen molar-refractivity contribution in [2.75, 3.05) is 0 Å². The predicted molar refractivity (Wildman–Crippen MR) is 91.5 cm³/mol. The maximum atomic E-state index is 8.85. The zero-order valence-corrected chi connectivity index (χ0v) is 13.3. The highest BCUT2D eigenvalue weighted by Gasteiger charge is 2.19. The summed E-state index contributed by atoms with van der Waals surface area (Å²) in [6.07, 6.45) is 2.78. The van der Waals surface area contributed by atoms with Crippen LogP contribution in [0.15, 0.2) is 24.7 Å². The van der Waals surface area contributed by atoms with E-state index >= 15 is 0 Å². The van der Waals surface area contributed by atoms with Crippen LogP contribution in [0.4, 0.5) is 0 Å². The van der Waals surface area contributed by atoms with Crippen LogP contribution in [-0.4, -0.2) is 43.1 Å². The summed E-state index contributed by atoms with van der Waals surface area (Å²) in [5.41, 5.74) is 1.69. The van der Waals surface area contributed by atoms with Crippen molar-refractivity contribution in [2.45, 2.75) is 12.2 Å². The van der Waals surface area contributed by atoms with E-state index in [0.29, 0.717) is 22.0 Å². The third-order valence-corrected chi connectivity index (χ3v) is 3.53. The molecule has 3 aromatic rings. The van der Waals surface area contributed by atoms with E-state index in [0.717, 1.165) is 5.56 Å². The van der Waals surface area contributed by atoms with Gasteiger partial charge in [0.15, 0.2) is 11.4 Å². The van der Waals surface area contributed by atoms with Gasteiger partial charge in [0.2, 0.25) is 5.88 Å². The van der Waals surface area contributed by atoms with E-state index in [1.54, 1.807) is 13.0 Å². The fraction of sp³-hybridized carbons (Fsp3) is 0.143. The van der Waals surface area contributed by atoms with Crippen molar-refractivity contribution in [3.63, 3.8) is 0 Å². The maximum Gasteiger partial charge on any atom is 0.222 e. The highest BCUT2D eigenvalue weighted by molar-refractivity contribution is 6.56. The number of rotatable bonds is 3. The summed E-state index contributed by atoms with van der Waals surface area (Å²) >= 11 is 6.20. The Morgan fingerprint density at radius 1 is 1.29 bits per heavy atom. The van der Waals surface area contributed by atoms with Gasteiger partial charge < -0.3 is 9.30 Å². The summed E-state index contributed by atoms with van der Waals surface area (Å²) in [7, 11) is 17.1. The van der Waals surface area contributed by atoms with Crippen LogP contribution in [0.5, 0.6) is 11.6 Å². The van der Waals surface area contributed by atoms with Gasteiger partial charge in [-0.25, -0.2) is 9.97 Å². The number of halogens is 1. The number of ether oxygens (including phenoxy) is 1. The van der Waals surface area contributed by atoms with Gasteiger partial charge in [-0.15, -0.1) is 0 Å². The average Bonchev–Trinajstić information content (AvgIpc) is 2.94. The molecule has 0 fully saturated rings. The van der Waals surface area contributed by atoms with E-state index < -0.39 is 5.24 Å². The molecule has 0 aromatic carbocycles. The molecule has 0 spiro atoms. The highest BCUT2D eigenvalue weighted by Crippen LogP contribution is 2.30. The zero-order valence-electron chi connectivity index (χ0n) is 12.6. The second kappa shape index (κ2) is 5.88. The van der Waals surface area contributed by atoms with Crippen LogP contribution in [0, 0.1) is 18.3 Å². The normalized spacial score (nSPS) is 11.4. The minimum absolute atomic E-state index is 0.188. The number of aryl methyl sites for hydroxylation is 1. The predicted octanol–water partition coefficient (Wildman–Crippen LogP) is 1.53. The minimum atomic E-state index is -1.68. The SMILES string of the molecule is [B]C([B])([B])n1cnc2c(Cl)cc(Oc3cnc(C#N)cc3C)nc21. The van der Waals surface area contributed by atoms with Crippen molar-refractivity contribution in [1.29, 1.82) is 5.26 Å². The van der Waals surface area contributed by atoms with E-state index in [-0.39, 0.29) is 11.5 Å². The second-order valence-corrected chi connectivity index (χ2v) is 5.57. The van der Waals surface area contributed by atoms with Gasteiger partial charge >= 0.3 is 0 Å². The minimum Gasteiger partial charge on any atom is -0.437 e. The molecule has 24 heavy (non-hydrogen) atoms. The van der Waals surface area contributed by atoms with Crippen molar-refractivity contribution < 1.29 is 4.74 Å². The maximum absolute atomic E-state index is 8.85. The molecule has 6 nitrogen and oxygen atoms in total. The van der Waals surface area contributed by atoms with Crippen molar-refractivity contribution in [1.82, 2.24) is 19.5 Å². The molecule has 0 aliphatic heterocycles. The number of imidazole rings is 1. The molecule has 10 heteroatoms. The van der Waals surface area contributed by atoms with Crippen LogP contribution in [0.25, 0.3) is 11.2 Å². The third-order valence-electron chi connectivity index (χ3n) is 3.24. The summed E-state index contributed by atoms with van der Waals surface area (Å²) in [6, 6.07) is 5.06. The van der Waals surface area contributed by atoms with Crippen LogP contribution in [0.3, 0.4) is 0 Å². The number of aromatic nitrogens is 4. The first-order valence-corrected chi connectivity index (χ1v) is 7.12. The smallest absolute Gasteiger partial charge is 0.222 e. The van der Waals surface area contributed by atoms with E-state index in [1.807, 2.05) is 6.07 Å². The Balaban J connectivity index is 2.06. The molecule has 0 aliphatic rings. The van der Waals surface area contributed by atoms with Gasteiger partial charge in [-0.05, 0) is 18.6 Å². The number of hydrogen-bond donors (Lipinski definition) is 0. The monoisotopic (exact) mass is 329 g/mol. The number of nitrogens with zero attached hydrogens (tertiary/aromatic N) is 5. The molecular formula is C14H7B3ClN5O. The molecule has 3 rings (SSSR count). The largest absolute Gasteiger partial charge is 0.437 e. The van der Waals surface area contributed by atoms with Gasteiger partial charge in [0.05, 0.1) is 41.1 Å². The zero-order chi connectivity index (χ0) is 17.5. The van der Waals surface area contributed by atoms with Crippen LogP contribution < -0.4 is 4.74 Å². The van der Waals surface area contributed by atoms with Crippen molar-refractivity contribution in [3.8, 4) is 17.7 Å². The number of nitriles is 1. The van der Waals surface area contributed by atoms with Gasteiger partial charge in [-0.1, -0.05) is 16.8 Å². The van der Waals surface area contributed by atoms with Crippen LogP contribution >= 0.6 is 11.6 Å². The van der Waals surface area contributed by atoms with Gasteiger partial charge in [-0.3, -0.25) is 0 Å². The number of hydrogen-bond acceptors (Lipinski definition) is 5. The quantitative estimate of drug-likeness (QED) is 0.681. The Morgan fingerprint density at radius 3 is 2.67 bits per heavy atom. The molecule has 0 saturated heterocycles. The Kier molecular flexibility index (Phi) is 4.02. The van der Waals surface area contributed by atoms with Gasteiger partial charge in [0.25, 0.3) is 0 Å². The number of fused-ring (bicyclic) bond motifs is 1. The summed E-state index contributed by atoms with van der Waals surface area (Å²) in [5.74, 6) is 0.621. The second-order valence-electron chi connectivity index (χ2n) is 5.17. The number of pyridine rings is 2. The Hall–Kier alpha value is -2.46. The third kappa shape index (κ3) is 2.97. The van der Waals surface area contributed by atoms with Gasteiger partial charge in [-0.2, -0.15) is 10.2 Å². The molecular weight excluding hydrogens is 322 g/mol. The van der Waals surface area contributed by atoms with Gasteiger partial charge in [0, 0.05) is 6.07 Å². The first kappa shape index (κ1) is 16.4. The van der Waals surface area contributed by atoms with E-state index in [9.17, 15) is 0 Å². The average molecular weight is 329 g/mol. The fourth-order valence-electron chi connectivity index (χ4n) is 2.09. The molecule has 110 valence electrons. The van der Waals surface area contributed by atoms with Crippen LogP contribution in [0.2, 0.25) is 5.02 Å². The summed E-state index contributed by atoms with van der Waals surface area (Å²) in [4.78, 5) is 12.4. The van der Waals surface area contributed by atoms with Crippen molar-refractivity contribution >= 4 is 46.3 Å².